The lowest BCUT2D eigenvalue weighted by atomic mass is 9.95. The topological polar surface area (TPSA) is 38.7 Å². The number of thiophene rings is 1. The Balaban J connectivity index is 1.05. The first kappa shape index (κ1) is 26.3. The Hall–Kier alpha value is -5.97. The summed E-state index contributed by atoms with van der Waals surface area (Å²) in [6.07, 6.45) is 1.83. The second-order valence-corrected chi connectivity index (χ2v) is 13.1. The summed E-state index contributed by atoms with van der Waals surface area (Å²) >= 11 is 1.86. The van der Waals surface area contributed by atoms with Gasteiger partial charge in [-0.2, -0.15) is 0 Å². The molecule has 47 heavy (non-hydrogen) atoms. The molecular weight excluding hydrogens is 591 g/mol. The number of rotatable bonds is 3. The van der Waals surface area contributed by atoms with E-state index < -0.39 is 0 Å². The highest BCUT2D eigenvalue weighted by Gasteiger charge is 2.16. The van der Waals surface area contributed by atoms with Gasteiger partial charge in [-0.25, -0.2) is 9.97 Å². The maximum Gasteiger partial charge on any atom is 0.0972 e. The van der Waals surface area contributed by atoms with E-state index in [9.17, 15) is 0 Å². The van der Waals surface area contributed by atoms with Crippen LogP contribution < -0.4 is 0 Å². The van der Waals surface area contributed by atoms with Crippen molar-refractivity contribution in [2.24, 2.45) is 0 Å². The predicted octanol–water partition coefficient (Wildman–Crippen LogP) is 11.9. The van der Waals surface area contributed by atoms with Gasteiger partial charge in [-0.3, -0.25) is 4.98 Å². The summed E-state index contributed by atoms with van der Waals surface area (Å²) in [4.78, 5) is 14.9. The van der Waals surface area contributed by atoms with Crippen LogP contribution >= 0.6 is 11.3 Å². The zero-order chi connectivity index (χ0) is 30.9. The third-order valence-corrected chi connectivity index (χ3v) is 10.4. The zero-order valence-corrected chi connectivity index (χ0v) is 26.0. The molecule has 3 nitrogen and oxygen atoms in total. The van der Waals surface area contributed by atoms with E-state index in [1.807, 2.05) is 23.6 Å². The molecule has 0 fully saturated rings. The maximum atomic E-state index is 5.22. The molecule has 4 heterocycles. The molecule has 4 heteroatoms. The average molecular weight is 616 g/mol. The van der Waals surface area contributed by atoms with E-state index in [2.05, 4.69) is 145 Å². The van der Waals surface area contributed by atoms with Crippen LogP contribution in [-0.4, -0.2) is 15.0 Å². The van der Waals surface area contributed by atoms with Gasteiger partial charge >= 0.3 is 0 Å². The quantitative estimate of drug-likeness (QED) is 0.186. The average Bonchev–Trinajstić information content (AvgIpc) is 3.53. The molecule has 0 aliphatic heterocycles. The smallest absolute Gasteiger partial charge is 0.0972 e. The minimum absolute atomic E-state index is 0.933. The summed E-state index contributed by atoms with van der Waals surface area (Å²) in [5.41, 5.74) is 9.37. The van der Waals surface area contributed by atoms with E-state index in [1.54, 1.807) is 0 Å². The Morgan fingerprint density at radius 3 is 1.91 bits per heavy atom. The molecular formula is C43H25N3S. The Morgan fingerprint density at radius 1 is 0.404 bits per heavy atom. The number of pyridine rings is 3. The molecule has 0 saturated heterocycles. The summed E-state index contributed by atoms with van der Waals surface area (Å²) in [5.74, 6) is 0. The van der Waals surface area contributed by atoms with Crippen molar-refractivity contribution >= 4 is 75.0 Å². The van der Waals surface area contributed by atoms with Crippen LogP contribution in [0.5, 0.6) is 0 Å². The largest absolute Gasteiger partial charge is 0.254 e. The molecule has 10 rings (SSSR count). The molecule has 0 aliphatic carbocycles. The van der Waals surface area contributed by atoms with Gasteiger partial charge < -0.3 is 0 Å². The Bertz CT molecular complexity index is 2830. The minimum Gasteiger partial charge on any atom is -0.254 e. The van der Waals surface area contributed by atoms with Gasteiger partial charge in [0.15, 0.2) is 0 Å². The lowest BCUT2D eigenvalue weighted by Gasteiger charge is -2.12. The van der Waals surface area contributed by atoms with Gasteiger partial charge in [0.2, 0.25) is 0 Å². The second-order valence-electron chi connectivity index (χ2n) is 12.0. The molecule has 218 valence electrons. The van der Waals surface area contributed by atoms with Gasteiger partial charge in [0.25, 0.3) is 0 Å². The lowest BCUT2D eigenvalue weighted by Crippen LogP contribution is -1.91. The van der Waals surface area contributed by atoms with Crippen LogP contribution in [0.2, 0.25) is 0 Å². The molecule has 0 amide bonds. The Labute approximate surface area is 274 Å². The lowest BCUT2D eigenvalue weighted by molar-refractivity contribution is 1.37. The predicted molar refractivity (Wildman–Crippen MR) is 199 cm³/mol. The highest BCUT2D eigenvalue weighted by molar-refractivity contribution is 7.26. The highest BCUT2D eigenvalue weighted by Crippen LogP contribution is 2.43. The maximum absolute atomic E-state index is 5.22. The Morgan fingerprint density at radius 2 is 1.09 bits per heavy atom. The van der Waals surface area contributed by atoms with E-state index >= 15 is 0 Å². The molecule has 0 atom stereocenters. The molecule has 0 radical (unpaired) electrons. The van der Waals surface area contributed by atoms with Crippen molar-refractivity contribution < 1.29 is 0 Å². The van der Waals surface area contributed by atoms with Crippen LogP contribution in [0.15, 0.2) is 152 Å². The third kappa shape index (κ3) is 4.16. The number of para-hydroxylation sites is 1. The SMILES string of the molecule is c1cnc2c(c1)ccc1ccc(-c3ccc(-c4ccc(-c5nc6ccccc6c6c5ccc5sc7ccccc7c56)cc4)cc3)nc12. The first-order chi connectivity index (χ1) is 23.3. The highest BCUT2D eigenvalue weighted by atomic mass is 32.1. The number of fused-ring (bicyclic) bond motifs is 10. The molecule has 0 aliphatic rings. The molecule has 0 saturated carbocycles. The van der Waals surface area contributed by atoms with Gasteiger partial charge in [0.1, 0.15) is 0 Å². The third-order valence-electron chi connectivity index (χ3n) is 9.31. The van der Waals surface area contributed by atoms with Crippen LogP contribution in [0.3, 0.4) is 0 Å². The molecule has 0 unspecified atom stereocenters. The van der Waals surface area contributed by atoms with E-state index in [1.165, 1.54) is 41.9 Å². The summed E-state index contributed by atoms with van der Waals surface area (Å²) in [6, 6.07) is 51.8. The standard InChI is InChI=1S/C43H25N3S/c1-3-9-36-32(7-1)39-34(22-24-38-40(39)33-8-2-4-10-37(33)47-38)41(46-36)30-17-13-27(14-18-30)26-11-15-28(16-12-26)35-23-21-31-20-19-29-6-5-25-44-42(29)43(31)45-35/h1-25H. The first-order valence-electron chi connectivity index (χ1n) is 15.8. The molecule has 0 spiro atoms. The normalized spacial score (nSPS) is 11.8. The van der Waals surface area contributed by atoms with Crippen molar-refractivity contribution in [1.29, 1.82) is 0 Å². The first-order valence-corrected chi connectivity index (χ1v) is 16.6. The van der Waals surface area contributed by atoms with Crippen LogP contribution in [-0.2, 0) is 0 Å². The number of aromatic nitrogens is 3. The van der Waals surface area contributed by atoms with E-state index in [4.69, 9.17) is 9.97 Å². The fraction of sp³-hybridized carbons (Fsp3) is 0. The summed E-state index contributed by atoms with van der Waals surface area (Å²) in [7, 11) is 0. The monoisotopic (exact) mass is 615 g/mol. The van der Waals surface area contributed by atoms with Crippen LogP contribution in [0.1, 0.15) is 0 Å². The molecule has 6 aromatic carbocycles. The number of benzene rings is 6. The van der Waals surface area contributed by atoms with E-state index in [0.717, 1.165) is 55.4 Å². The van der Waals surface area contributed by atoms with E-state index in [-0.39, 0.29) is 0 Å². The minimum atomic E-state index is 0.933. The van der Waals surface area contributed by atoms with Crippen LogP contribution in [0, 0.1) is 0 Å². The summed E-state index contributed by atoms with van der Waals surface area (Å²) in [6.45, 7) is 0. The van der Waals surface area contributed by atoms with Gasteiger partial charge in [0.05, 0.1) is 27.9 Å². The van der Waals surface area contributed by atoms with Gasteiger partial charge in [-0.15, -0.1) is 11.3 Å². The van der Waals surface area contributed by atoms with Crippen molar-refractivity contribution in [3.63, 3.8) is 0 Å². The van der Waals surface area contributed by atoms with Crippen LogP contribution in [0.25, 0.3) is 97.3 Å². The number of nitrogens with zero attached hydrogens (tertiary/aromatic N) is 3. The zero-order valence-electron chi connectivity index (χ0n) is 25.2. The van der Waals surface area contributed by atoms with Gasteiger partial charge in [-0.1, -0.05) is 115 Å². The summed E-state index contributed by atoms with van der Waals surface area (Å²) < 4.78 is 2.62. The molecule has 0 bridgehead atoms. The fourth-order valence-electron chi connectivity index (χ4n) is 7.02. The van der Waals surface area contributed by atoms with Gasteiger partial charge in [0, 0.05) is 64.4 Å². The second kappa shape index (κ2) is 10.3. The number of hydrogen-bond acceptors (Lipinski definition) is 4. The van der Waals surface area contributed by atoms with Gasteiger partial charge in [-0.05, 0) is 41.5 Å². The van der Waals surface area contributed by atoms with Crippen LogP contribution in [0.4, 0.5) is 0 Å². The Kier molecular flexibility index (Phi) is 5.74. The van der Waals surface area contributed by atoms with Crippen molar-refractivity contribution in [3.8, 4) is 33.6 Å². The fourth-order valence-corrected chi connectivity index (χ4v) is 8.13. The molecule has 10 aromatic rings. The van der Waals surface area contributed by atoms with E-state index in [0.29, 0.717) is 0 Å². The molecule has 4 aromatic heterocycles. The molecule has 0 N–H and O–H groups in total. The summed E-state index contributed by atoms with van der Waals surface area (Å²) in [5, 5.41) is 8.49. The van der Waals surface area contributed by atoms with Crippen molar-refractivity contribution in [3.05, 3.63) is 152 Å². The van der Waals surface area contributed by atoms with Crippen molar-refractivity contribution in [2.75, 3.05) is 0 Å². The number of hydrogen-bond donors (Lipinski definition) is 0. The van der Waals surface area contributed by atoms with Crippen molar-refractivity contribution in [2.45, 2.75) is 0 Å². The van der Waals surface area contributed by atoms with Crippen molar-refractivity contribution in [1.82, 2.24) is 15.0 Å².